The Hall–Kier alpha value is -1.39. The molecule has 5 heteroatoms. The number of hydrogen-bond donors (Lipinski definition) is 0. The highest BCUT2D eigenvalue weighted by atomic mass is 16.4. The summed E-state index contributed by atoms with van der Waals surface area (Å²) in [7, 11) is 0. The molecule has 0 saturated carbocycles. The maximum atomic E-state index is 11.2. The highest BCUT2D eigenvalue weighted by Crippen LogP contribution is 2.20. The lowest BCUT2D eigenvalue weighted by atomic mass is 10.1. The van der Waals surface area contributed by atoms with Crippen molar-refractivity contribution in [3.8, 4) is 0 Å². The Morgan fingerprint density at radius 3 is 2.78 bits per heavy atom. The van der Waals surface area contributed by atoms with Gasteiger partial charge in [-0.1, -0.05) is 13.8 Å². The van der Waals surface area contributed by atoms with Crippen molar-refractivity contribution < 1.29 is 9.21 Å². The first-order valence-corrected chi connectivity index (χ1v) is 6.61. The normalized spacial score (nSPS) is 19.8. The highest BCUT2D eigenvalue weighted by molar-refractivity contribution is 5.73. The molecular weight excluding hydrogens is 230 g/mol. The van der Waals surface area contributed by atoms with Gasteiger partial charge in [0.05, 0.1) is 0 Å². The van der Waals surface area contributed by atoms with E-state index in [4.69, 9.17) is 4.42 Å². The quantitative estimate of drug-likeness (QED) is 0.817. The van der Waals surface area contributed by atoms with Crippen molar-refractivity contribution in [2.45, 2.75) is 40.0 Å². The van der Waals surface area contributed by atoms with E-state index in [1.165, 1.54) is 0 Å². The van der Waals surface area contributed by atoms with E-state index in [-0.39, 0.29) is 5.91 Å². The first-order valence-electron chi connectivity index (χ1n) is 6.61. The smallest absolute Gasteiger partial charge is 0.219 e. The summed E-state index contributed by atoms with van der Waals surface area (Å²) in [5.74, 6) is 2.57. The van der Waals surface area contributed by atoms with Crippen LogP contribution in [0.5, 0.6) is 0 Å². The van der Waals surface area contributed by atoms with Crippen LogP contribution in [0.1, 0.15) is 39.0 Å². The molecule has 1 fully saturated rings. The third-order valence-electron chi connectivity index (χ3n) is 3.29. The number of nitrogens with zero attached hydrogens (tertiary/aromatic N) is 3. The molecule has 5 nitrogen and oxygen atoms in total. The summed E-state index contributed by atoms with van der Waals surface area (Å²) in [5.41, 5.74) is 0. The lowest BCUT2D eigenvalue weighted by molar-refractivity contribution is -0.127. The van der Waals surface area contributed by atoms with Crippen LogP contribution in [0.4, 0.5) is 0 Å². The molecule has 0 spiro atoms. The van der Waals surface area contributed by atoms with Gasteiger partial charge in [0.1, 0.15) is 0 Å². The molecule has 1 unspecified atom stereocenters. The van der Waals surface area contributed by atoms with Crippen molar-refractivity contribution in [3.05, 3.63) is 11.8 Å². The van der Waals surface area contributed by atoms with Crippen LogP contribution < -0.4 is 0 Å². The van der Waals surface area contributed by atoms with Crippen molar-refractivity contribution >= 4 is 5.91 Å². The molecule has 0 radical (unpaired) electrons. The van der Waals surface area contributed by atoms with Gasteiger partial charge in [0.2, 0.25) is 17.7 Å². The number of carbonyl (C=O) groups excluding carboxylic acids is 1. The molecule has 0 bridgehead atoms. The number of aromatic nitrogens is 2. The van der Waals surface area contributed by atoms with Crippen LogP contribution in [0.2, 0.25) is 0 Å². The minimum absolute atomic E-state index is 0.156. The van der Waals surface area contributed by atoms with Gasteiger partial charge in [-0.2, -0.15) is 0 Å². The molecule has 2 heterocycles. The van der Waals surface area contributed by atoms with Crippen LogP contribution in [0, 0.1) is 11.8 Å². The third-order valence-corrected chi connectivity index (χ3v) is 3.29. The standard InChI is InChI=1S/C13H21N3O2/c1-9(2)6-12-14-15-13(18-12)7-11-4-5-16(8-11)10(3)17/h9,11H,4-8H2,1-3H3. The summed E-state index contributed by atoms with van der Waals surface area (Å²) in [6.45, 7) is 7.55. The predicted octanol–water partition coefficient (Wildman–Crippen LogP) is 1.68. The minimum Gasteiger partial charge on any atom is -0.425 e. The molecular formula is C13H21N3O2. The zero-order valence-electron chi connectivity index (χ0n) is 11.3. The van der Waals surface area contributed by atoms with E-state index in [1.807, 2.05) is 4.90 Å². The van der Waals surface area contributed by atoms with Gasteiger partial charge < -0.3 is 9.32 Å². The summed E-state index contributed by atoms with van der Waals surface area (Å²) in [6.07, 6.45) is 2.65. The average Bonchev–Trinajstić information content (AvgIpc) is 2.88. The fraction of sp³-hybridized carbons (Fsp3) is 0.769. The fourth-order valence-electron chi connectivity index (χ4n) is 2.33. The Bertz CT molecular complexity index is 414. The van der Waals surface area contributed by atoms with Gasteiger partial charge in [0.15, 0.2) is 0 Å². The molecule has 0 N–H and O–H groups in total. The summed E-state index contributed by atoms with van der Waals surface area (Å²) in [5, 5.41) is 8.14. The Morgan fingerprint density at radius 1 is 1.44 bits per heavy atom. The van der Waals surface area contributed by atoms with Crippen LogP contribution in [-0.4, -0.2) is 34.1 Å². The van der Waals surface area contributed by atoms with Crippen LogP contribution in [-0.2, 0) is 17.6 Å². The molecule has 1 aromatic heterocycles. The second kappa shape index (κ2) is 5.50. The SMILES string of the molecule is CC(=O)N1CCC(Cc2nnc(CC(C)C)o2)C1. The molecule has 1 aliphatic rings. The van der Waals surface area contributed by atoms with E-state index < -0.39 is 0 Å². The summed E-state index contributed by atoms with van der Waals surface area (Å²) in [6, 6.07) is 0. The largest absolute Gasteiger partial charge is 0.425 e. The second-order valence-electron chi connectivity index (χ2n) is 5.51. The van der Waals surface area contributed by atoms with Gasteiger partial charge in [-0.25, -0.2) is 0 Å². The van der Waals surface area contributed by atoms with E-state index in [0.717, 1.165) is 38.2 Å². The number of likely N-dealkylation sites (tertiary alicyclic amines) is 1. The molecule has 1 aromatic rings. The number of hydrogen-bond acceptors (Lipinski definition) is 4. The number of carbonyl (C=O) groups is 1. The average molecular weight is 251 g/mol. The fourth-order valence-corrected chi connectivity index (χ4v) is 2.33. The predicted molar refractivity (Wildman–Crippen MR) is 66.9 cm³/mol. The minimum atomic E-state index is 0.156. The van der Waals surface area contributed by atoms with Crippen LogP contribution in [0.15, 0.2) is 4.42 Å². The Balaban J connectivity index is 1.87. The zero-order chi connectivity index (χ0) is 13.1. The summed E-state index contributed by atoms with van der Waals surface area (Å²) >= 11 is 0. The van der Waals surface area contributed by atoms with Gasteiger partial charge in [-0.15, -0.1) is 10.2 Å². The highest BCUT2D eigenvalue weighted by Gasteiger charge is 2.25. The lowest BCUT2D eigenvalue weighted by Crippen LogP contribution is -2.26. The van der Waals surface area contributed by atoms with E-state index in [0.29, 0.717) is 17.7 Å². The van der Waals surface area contributed by atoms with Crippen molar-refractivity contribution in [1.29, 1.82) is 0 Å². The van der Waals surface area contributed by atoms with Crippen LogP contribution in [0.25, 0.3) is 0 Å². The first-order chi connectivity index (χ1) is 8.54. The van der Waals surface area contributed by atoms with E-state index in [1.54, 1.807) is 6.92 Å². The molecule has 1 saturated heterocycles. The Morgan fingerprint density at radius 2 is 2.17 bits per heavy atom. The van der Waals surface area contributed by atoms with Crippen molar-refractivity contribution in [2.24, 2.45) is 11.8 Å². The maximum absolute atomic E-state index is 11.2. The Labute approximate surface area is 108 Å². The van der Waals surface area contributed by atoms with Gasteiger partial charge in [-0.3, -0.25) is 4.79 Å². The summed E-state index contributed by atoms with van der Waals surface area (Å²) < 4.78 is 5.63. The molecule has 0 aromatic carbocycles. The third kappa shape index (κ3) is 3.31. The molecule has 1 aliphatic heterocycles. The lowest BCUT2D eigenvalue weighted by Gasteiger charge is -2.12. The number of rotatable bonds is 4. The molecule has 18 heavy (non-hydrogen) atoms. The van der Waals surface area contributed by atoms with Crippen molar-refractivity contribution in [1.82, 2.24) is 15.1 Å². The first kappa shape index (κ1) is 13.1. The monoisotopic (exact) mass is 251 g/mol. The van der Waals surface area contributed by atoms with E-state index in [2.05, 4.69) is 24.0 Å². The van der Waals surface area contributed by atoms with Crippen molar-refractivity contribution in [2.75, 3.05) is 13.1 Å². The molecule has 2 rings (SSSR count). The van der Waals surface area contributed by atoms with Crippen LogP contribution >= 0.6 is 0 Å². The summed E-state index contributed by atoms with van der Waals surface area (Å²) in [4.78, 5) is 13.1. The second-order valence-corrected chi connectivity index (χ2v) is 5.51. The molecule has 0 aliphatic carbocycles. The molecule has 1 amide bonds. The van der Waals surface area contributed by atoms with Gasteiger partial charge in [0, 0.05) is 32.9 Å². The maximum Gasteiger partial charge on any atom is 0.219 e. The van der Waals surface area contributed by atoms with Crippen LogP contribution in [0.3, 0.4) is 0 Å². The van der Waals surface area contributed by atoms with Gasteiger partial charge in [-0.05, 0) is 18.3 Å². The van der Waals surface area contributed by atoms with Gasteiger partial charge in [0.25, 0.3) is 0 Å². The number of amides is 1. The van der Waals surface area contributed by atoms with E-state index >= 15 is 0 Å². The molecule has 1 atom stereocenters. The Kier molecular flexibility index (Phi) is 3.99. The van der Waals surface area contributed by atoms with Crippen molar-refractivity contribution in [3.63, 3.8) is 0 Å². The van der Waals surface area contributed by atoms with E-state index in [9.17, 15) is 4.79 Å². The zero-order valence-corrected chi connectivity index (χ0v) is 11.3. The molecule has 100 valence electrons. The topological polar surface area (TPSA) is 59.2 Å². The van der Waals surface area contributed by atoms with Gasteiger partial charge >= 0.3 is 0 Å².